The van der Waals surface area contributed by atoms with Crippen molar-refractivity contribution in [1.82, 2.24) is 14.5 Å². The second-order valence-corrected chi connectivity index (χ2v) is 4.96. The first-order chi connectivity index (χ1) is 8.69. The van der Waals surface area contributed by atoms with Crippen molar-refractivity contribution in [3.8, 4) is 0 Å². The molecule has 0 aliphatic carbocycles. The van der Waals surface area contributed by atoms with Crippen LogP contribution in [0.3, 0.4) is 0 Å². The van der Waals surface area contributed by atoms with Crippen LogP contribution in [0.15, 0.2) is 12.4 Å². The van der Waals surface area contributed by atoms with Gasteiger partial charge in [0.1, 0.15) is 12.4 Å². The van der Waals surface area contributed by atoms with Crippen LogP contribution in [-0.2, 0) is 13.1 Å². The van der Waals surface area contributed by atoms with Crippen LogP contribution < -0.4 is 0 Å². The molecular weight excluding hydrogens is 259 g/mol. The highest BCUT2D eigenvalue weighted by atomic mass is 19.4. The molecule has 4 nitrogen and oxygen atoms in total. The first kappa shape index (κ1) is 16.0. The number of hydrogen-bond donors (Lipinski definition) is 1. The molecule has 0 saturated carbocycles. The minimum absolute atomic E-state index is 0.116. The van der Waals surface area contributed by atoms with E-state index in [0.29, 0.717) is 12.4 Å². The summed E-state index contributed by atoms with van der Waals surface area (Å²) in [5.74, 6) is 0.353. The van der Waals surface area contributed by atoms with Gasteiger partial charge >= 0.3 is 6.18 Å². The van der Waals surface area contributed by atoms with E-state index in [1.54, 1.807) is 6.92 Å². The standard InChI is InChI=1S/C12H20F3N3O/c1-9(2)18(6-10(3)19)7-11-16-4-5-17(11)8-12(13,14)15/h4-5,9-10,19H,6-8H2,1-3H3/t10-/m0/s1. The molecule has 0 aromatic carbocycles. The lowest BCUT2D eigenvalue weighted by molar-refractivity contribution is -0.141. The molecule has 0 fully saturated rings. The van der Waals surface area contributed by atoms with Crippen LogP contribution in [-0.4, -0.2) is 44.4 Å². The van der Waals surface area contributed by atoms with Crippen LogP contribution in [0.25, 0.3) is 0 Å². The molecule has 1 aromatic heterocycles. The van der Waals surface area contributed by atoms with Crippen molar-refractivity contribution in [3.63, 3.8) is 0 Å². The SMILES string of the molecule is CC(C)N(Cc1nccn1CC(F)(F)F)C[C@H](C)O. The Morgan fingerprint density at radius 1 is 1.37 bits per heavy atom. The van der Waals surface area contributed by atoms with E-state index in [0.717, 1.165) is 4.57 Å². The third kappa shape index (κ3) is 5.61. The Morgan fingerprint density at radius 3 is 2.47 bits per heavy atom. The van der Waals surface area contributed by atoms with E-state index < -0.39 is 18.8 Å². The van der Waals surface area contributed by atoms with Crippen LogP contribution in [0.1, 0.15) is 26.6 Å². The van der Waals surface area contributed by atoms with Gasteiger partial charge in [0, 0.05) is 25.0 Å². The molecule has 0 amide bonds. The highest BCUT2D eigenvalue weighted by molar-refractivity contribution is 4.93. The minimum atomic E-state index is -4.26. The highest BCUT2D eigenvalue weighted by Crippen LogP contribution is 2.19. The number of aliphatic hydroxyl groups excluding tert-OH is 1. The Morgan fingerprint density at radius 2 is 2.00 bits per heavy atom. The van der Waals surface area contributed by atoms with Gasteiger partial charge in [0.15, 0.2) is 0 Å². The summed E-state index contributed by atoms with van der Waals surface area (Å²) in [5.41, 5.74) is 0. The van der Waals surface area contributed by atoms with Crippen LogP contribution in [0, 0.1) is 0 Å². The Balaban J connectivity index is 2.77. The lowest BCUT2D eigenvalue weighted by atomic mass is 10.2. The number of hydrogen-bond acceptors (Lipinski definition) is 3. The zero-order chi connectivity index (χ0) is 14.6. The second kappa shape index (κ2) is 6.38. The van der Waals surface area contributed by atoms with Crippen LogP contribution in [0.5, 0.6) is 0 Å². The van der Waals surface area contributed by atoms with Gasteiger partial charge in [-0.15, -0.1) is 0 Å². The largest absolute Gasteiger partial charge is 0.406 e. The smallest absolute Gasteiger partial charge is 0.392 e. The summed E-state index contributed by atoms with van der Waals surface area (Å²) in [6.07, 6.45) is -2.11. The number of rotatable bonds is 6. The molecule has 1 rings (SSSR count). The zero-order valence-corrected chi connectivity index (χ0v) is 11.4. The first-order valence-corrected chi connectivity index (χ1v) is 6.18. The third-order valence-electron chi connectivity index (χ3n) is 2.72. The quantitative estimate of drug-likeness (QED) is 0.866. The van der Waals surface area contributed by atoms with E-state index in [-0.39, 0.29) is 12.6 Å². The lowest BCUT2D eigenvalue weighted by Gasteiger charge is -2.27. The summed E-state index contributed by atoms with van der Waals surface area (Å²) < 4.78 is 38.3. The van der Waals surface area contributed by atoms with Gasteiger partial charge in [-0.05, 0) is 20.8 Å². The van der Waals surface area contributed by atoms with Crippen LogP contribution >= 0.6 is 0 Å². The summed E-state index contributed by atoms with van der Waals surface area (Å²) in [6.45, 7) is 5.15. The monoisotopic (exact) mass is 279 g/mol. The fourth-order valence-corrected chi connectivity index (χ4v) is 1.81. The first-order valence-electron chi connectivity index (χ1n) is 6.18. The van der Waals surface area contributed by atoms with E-state index in [4.69, 9.17) is 0 Å². The van der Waals surface area contributed by atoms with E-state index in [1.165, 1.54) is 12.4 Å². The van der Waals surface area contributed by atoms with Crippen molar-refractivity contribution < 1.29 is 18.3 Å². The van der Waals surface area contributed by atoms with Crippen molar-refractivity contribution >= 4 is 0 Å². The normalized spacial score (nSPS) is 14.4. The van der Waals surface area contributed by atoms with Gasteiger partial charge in [-0.1, -0.05) is 0 Å². The Labute approximate surface area is 110 Å². The van der Waals surface area contributed by atoms with E-state index >= 15 is 0 Å². The van der Waals surface area contributed by atoms with Crippen molar-refractivity contribution in [1.29, 1.82) is 0 Å². The lowest BCUT2D eigenvalue weighted by Crippen LogP contribution is -2.37. The van der Waals surface area contributed by atoms with E-state index in [9.17, 15) is 18.3 Å². The van der Waals surface area contributed by atoms with Gasteiger partial charge in [0.25, 0.3) is 0 Å². The predicted octanol–water partition coefficient (Wildman–Crippen LogP) is 2.04. The minimum Gasteiger partial charge on any atom is -0.392 e. The zero-order valence-electron chi connectivity index (χ0n) is 11.4. The molecule has 0 spiro atoms. The third-order valence-corrected chi connectivity index (χ3v) is 2.72. The topological polar surface area (TPSA) is 41.3 Å². The fraction of sp³-hybridized carbons (Fsp3) is 0.750. The van der Waals surface area contributed by atoms with Gasteiger partial charge in [-0.25, -0.2) is 4.98 Å². The molecule has 1 heterocycles. The number of halogens is 3. The second-order valence-electron chi connectivity index (χ2n) is 4.96. The Bertz CT molecular complexity index is 388. The molecule has 7 heteroatoms. The number of nitrogens with zero attached hydrogens (tertiary/aromatic N) is 3. The van der Waals surface area contributed by atoms with Gasteiger partial charge in [0.05, 0.1) is 12.6 Å². The molecule has 110 valence electrons. The molecule has 0 unspecified atom stereocenters. The maximum absolute atomic E-state index is 12.4. The number of alkyl halides is 3. The summed E-state index contributed by atoms with van der Waals surface area (Å²) in [6, 6.07) is 0.116. The summed E-state index contributed by atoms with van der Waals surface area (Å²) in [7, 11) is 0. The van der Waals surface area contributed by atoms with Gasteiger partial charge in [-0.2, -0.15) is 13.2 Å². The van der Waals surface area contributed by atoms with Crippen molar-refractivity contribution in [3.05, 3.63) is 18.2 Å². The molecule has 1 aromatic rings. The molecule has 0 aliphatic heterocycles. The van der Waals surface area contributed by atoms with Gasteiger partial charge in [-0.3, -0.25) is 4.90 Å². The van der Waals surface area contributed by atoms with Gasteiger partial charge < -0.3 is 9.67 Å². The number of aromatic nitrogens is 2. The Hall–Kier alpha value is -1.08. The maximum Gasteiger partial charge on any atom is 0.406 e. The Kier molecular flexibility index (Phi) is 5.37. The van der Waals surface area contributed by atoms with Crippen LogP contribution in [0.2, 0.25) is 0 Å². The predicted molar refractivity (Wildman–Crippen MR) is 65.5 cm³/mol. The average Bonchev–Trinajstić information content (AvgIpc) is 2.61. The molecule has 0 aliphatic rings. The number of imidazole rings is 1. The highest BCUT2D eigenvalue weighted by Gasteiger charge is 2.29. The van der Waals surface area contributed by atoms with E-state index in [1.807, 2.05) is 18.7 Å². The van der Waals surface area contributed by atoms with Gasteiger partial charge in [0.2, 0.25) is 0 Å². The van der Waals surface area contributed by atoms with E-state index in [2.05, 4.69) is 4.98 Å². The molecular formula is C12H20F3N3O. The van der Waals surface area contributed by atoms with Crippen molar-refractivity contribution in [2.45, 2.75) is 52.2 Å². The molecule has 0 radical (unpaired) electrons. The molecule has 1 N–H and O–H groups in total. The van der Waals surface area contributed by atoms with Crippen molar-refractivity contribution in [2.75, 3.05) is 6.54 Å². The molecule has 0 bridgehead atoms. The fourth-order valence-electron chi connectivity index (χ4n) is 1.81. The maximum atomic E-state index is 12.4. The average molecular weight is 279 g/mol. The summed E-state index contributed by atoms with van der Waals surface area (Å²) >= 11 is 0. The summed E-state index contributed by atoms with van der Waals surface area (Å²) in [5, 5.41) is 9.41. The molecule has 0 saturated heterocycles. The molecule has 1 atom stereocenters. The molecule has 19 heavy (non-hydrogen) atoms. The van der Waals surface area contributed by atoms with Crippen LogP contribution in [0.4, 0.5) is 13.2 Å². The van der Waals surface area contributed by atoms with Crippen molar-refractivity contribution in [2.24, 2.45) is 0 Å². The summed E-state index contributed by atoms with van der Waals surface area (Å²) in [4.78, 5) is 5.86. The number of aliphatic hydroxyl groups is 1.